The molecule has 3 aliphatic rings. The minimum absolute atomic E-state index is 0.0472. The van der Waals surface area contributed by atoms with E-state index in [0.717, 1.165) is 24.5 Å². The van der Waals surface area contributed by atoms with Crippen LogP contribution in [0.15, 0.2) is 47.5 Å². The number of ether oxygens (including phenoxy) is 1. The zero-order valence-corrected chi connectivity index (χ0v) is 21.0. The molecule has 0 spiro atoms. The molecular formula is C23H25ClN4O4S2. The molecule has 5 rings (SSSR count). The van der Waals surface area contributed by atoms with Crippen LogP contribution in [0, 0.1) is 0 Å². The van der Waals surface area contributed by atoms with E-state index in [0.29, 0.717) is 34.5 Å². The van der Waals surface area contributed by atoms with Gasteiger partial charge < -0.3 is 19.9 Å². The summed E-state index contributed by atoms with van der Waals surface area (Å²) in [6.07, 6.45) is 0. The number of anilines is 2. The maximum Gasteiger partial charge on any atom is 0.254 e. The standard InChI is InChI=1S/C23H25ClN4O4S2/c1-32-17-4-2-3-16(12-17)27-7-9-28(10-8-27)22(29)15-5-6-18(24)19(11-15)25-23-26-20-13-34(30,31)14-21(20)33-23/h2-6,11-12,20-21H,7-10,13-14H2,1H3,(H,25,26)/t20-,21+/m1/s1. The first kappa shape index (κ1) is 23.3. The number of benzene rings is 2. The number of methoxy groups -OCH3 is 1. The van der Waals surface area contributed by atoms with Gasteiger partial charge in [0.25, 0.3) is 5.91 Å². The minimum atomic E-state index is -3.01. The molecule has 1 amide bonds. The Bertz CT molecular complexity index is 1250. The molecule has 0 bridgehead atoms. The molecule has 8 nitrogen and oxygen atoms in total. The highest BCUT2D eigenvalue weighted by Crippen LogP contribution is 2.36. The molecule has 0 aromatic heterocycles. The van der Waals surface area contributed by atoms with Crippen LogP contribution in [-0.2, 0) is 9.84 Å². The van der Waals surface area contributed by atoms with E-state index in [1.54, 1.807) is 25.3 Å². The Morgan fingerprint density at radius 2 is 1.94 bits per heavy atom. The molecule has 180 valence electrons. The topological polar surface area (TPSA) is 91.3 Å². The highest BCUT2D eigenvalue weighted by molar-refractivity contribution is 8.15. The lowest BCUT2D eigenvalue weighted by Gasteiger charge is -2.36. The van der Waals surface area contributed by atoms with Crippen molar-refractivity contribution in [3.63, 3.8) is 0 Å². The number of amidine groups is 1. The average molecular weight is 521 g/mol. The van der Waals surface area contributed by atoms with Crippen LogP contribution in [0.4, 0.5) is 11.4 Å². The van der Waals surface area contributed by atoms with Gasteiger partial charge >= 0.3 is 0 Å². The van der Waals surface area contributed by atoms with Crippen LogP contribution in [0.5, 0.6) is 5.75 Å². The Labute approximate surface area is 208 Å². The number of amides is 1. The van der Waals surface area contributed by atoms with E-state index in [4.69, 9.17) is 16.3 Å². The van der Waals surface area contributed by atoms with Gasteiger partial charge in [-0.15, -0.1) is 0 Å². The summed E-state index contributed by atoms with van der Waals surface area (Å²) in [7, 11) is -1.36. The predicted octanol–water partition coefficient (Wildman–Crippen LogP) is 2.99. The second-order valence-corrected chi connectivity index (χ2v) is 12.3. The molecule has 0 saturated carbocycles. The van der Waals surface area contributed by atoms with Crippen LogP contribution in [0.1, 0.15) is 10.4 Å². The van der Waals surface area contributed by atoms with Gasteiger partial charge in [0.05, 0.1) is 35.4 Å². The Kier molecular flexibility index (Phi) is 6.39. The molecule has 2 aromatic carbocycles. The zero-order chi connectivity index (χ0) is 23.9. The van der Waals surface area contributed by atoms with Gasteiger partial charge in [-0.05, 0) is 30.3 Å². The van der Waals surface area contributed by atoms with Crippen molar-refractivity contribution < 1.29 is 17.9 Å². The van der Waals surface area contributed by atoms with E-state index in [2.05, 4.69) is 15.2 Å². The zero-order valence-electron chi connectivity index (χ0n) is 18.6. The molecule has 11 heteroatoms. The summed E-state index contributed by atoms with van der Waals surface area (Å²) in [5.74, 6) is 0.996. The van der Waals surface area contributed by atoms with Crippen LogP contribution in [-0.4, -0.2) is 80.5 Å². The lowest BCUT2D eigenvalue weighted by molar-refractivity contribution is 0.0747. The second kappa shape index (κ2) is 9.31. The van der Waals surface area contributed by atoms with Gasteiger partial charge in [-0.3, -0.25) is 9.79 Å². The highest BCUT2D eigenvalue weighted by Gasteiger charge is 2.42. The smallest absolute Gasteiger partial charge is 0.254 e. The van der Waals surface area contributed by atoms with Crippen molar-refractivity contribution in [2.75, 3.05) is 55.0 Å². The van der Waals surface area contributed by atoms with Gasteiger partial charge in [-0.25, -0.2) is 8.42 Å². The van der Waals surface area contributed by atoms with Crippen LogP contribution < -0.4 is 15.0 Å². The maximum atomic E-state index is 13.2. The molecule has 3 aliphatic heterocycles. The first-order chi connectivity index (χ1) is 16.3. The van der Waals surface area contributed by atoms with Crippen LogP contribution in [0.2, 0.25) is 5.02 Å². The van der Waals surface area contributed by atoms with Crippen molar-refractivity contribution in [3.8, 4) is 5.75 Å². The van der Waals surface area contributed by atoms with Crippen LogP contribution in [0.25, 0.3) is 0 Å². The van der Waals surface area contributed by atoms with Crippen molar-refractivity contribution in [1.29, 1.82) is 0 Å². The first-order valence-corrected chi connectivity index (χ1v) is 14.1. The summed E-state index contributed by atoms with van der Waals surface area (Å²) in [6, 6.07) is 12.9. The number of sulfone groups is 1. The van der Waals surface area contributed by atoms with E-state index >= 15 is 0 Å². The van der Waals surface area contributed by atoms with Crippen LogP contribution >= 0.6 is 23.4 Å². The molecule has 3 heterocycles. The molecule has 2 fully saturated rings. The number of rotatable bonds is 4. The maximum absolute atomic E-state index is 13.2. The quantitative estimate of drug-likeness (QED) is 0.662. The number of nitrogens with zero attached hydrogens (tertiary/aromatic N) is 3. The monoisotopic (exact) mass is 520 g/mol. The third kappa shape index (κ3) is 4.85. The Balaban J connectivity index is 1.23. The van der Waals surface area contributed by atoms with Gasteiger partial charge in [0.15, 0.2) is 15.0 Å². The van der Waals surface area contributed by atoms with Gasteiger partial charge in [0.2, 0.25) is 0 Å². The molecule has 0 aliphatic carbocycles. The SMILES string of the molecule is COc1cccc(N2CCN(C(=O)c3ccc(Cl)c(NC4=N[C@@H]5CS(=O)(=O)C[C@@H]5S4)c3)CC2)c1. The van der Waals surface area contributed by atoms with E-state index in [1.165, 1.54) is 11.8 Å². The molecule has 0 unspecified atom stereocenters. The van der Waals surface area contributed by atoms with E-state index in [9.17, 15) is 13.2 Å². The van der Waals surface area contributed by atoms with Gasteiger partial charge in [0.1, 0.15) is 5.75 Å². The normalized spacial score (nSPS) is 23.4. The fraction of sp³-hybridized carbons (Fsp3) is 0.391. The fourth-order valence-corrected chi connectivity index (χ4v) is 8.28. The Hall–Kier alpha value is -2.43. The number of aliphatic imine (C=N–C) groups is 1. The number of nitrogens with one attached hydrogen (secondary N) is 1. The average Bonchev–Trinajstić information content (AvgIpc) is 3.32. The summed E-state index contributed by atoms with van der Waals surface area (Å²) < 4.78 is 28.9. The predicted molar refractivity (Wildman–Crippen MR) is 137 cm³/mol. The number of hydrogen-bond acceptors (Lipinski definition) is 8. The number of hydrogen-bond donors (Lipinski definition) is 1. The third-order valence-corrected chi connectivity index (χ3v) is 9.73. The fourth-order valence-electron chi connectivity index (χ4n) is 4.44. The summed E-state index contributed by atoms with van der Waals surface area (Å²) >= 11 is 7.80. The van der Waals surface area contributed by atoms with Gasteiger partial charge in [-0.2, -0.15) is 0 Å². The third-order valence-electron chi connectivity index (χ3n) is 6.26. The summed E-state index contributed by atoms with van der Waals surface area (Å²) in [5, 5.41) is 4.26. The number of fused-ring (bicyclic) bond motifs is 1. The molecule has 2 aromatic rings. The van der Waals surface area contributed by atoms with Crippen molar-refractivity contribution in [2.24, 2.45) is 4.99 Å². The summed E-state index contributed by atoms with van der Waals surface area (Å²) in [5.41, 5.74) is 2.22. The largest absolute Gasteiger partial charge is 0.497 e. The molecular weight excluding hydrogens is 496 g/mol. The lowest BCUT2D eigenvalue weighted by Crippen LogP contribution is -2.48. The van der Waals surface area contributed by atoms with Crippen molar-refractivity contribution in [2.45, 2.75) is 11.3 Å². The Morgan fingerprint density at radius 1 is 1.15 bits per heavy atom. The number of thioether (sulfide) groups is 1. The van der Waals surface area contributed by atoms with Crippen molar-refractivity contribution >= 4 is 55.6 Å². The molecule has 34 heavy (non-hydrogen) atoms. The van der Waals surface area contributed by atoms with E-state index in [-0.39, 0.29) is 28.7 Å². The number of carbonyl (C=O) groups excluding carboxylic acids is 1. The molecule has 0 radical (unpaired) electrons. The summed E-state index contributed by atoms with van der Waals surface area (Å²) in [4.78, 5) is 21.8. The number of halogens is 1. The second-order valence-electron chi connectivity index (χ2n) is 8.54. The highest BCUT2D eigenvalue weighted by atomic mass is 35.5. The van der Waals surface area contributed by atoms with Crippen molar-refractivity contribution in [1.82, 2.24) is 4.90 Å². The van der Waals surface area contributed by atoms with Crippen LogP contribution in [0.3, 0.4) is 0 Å². The van der Waals surface area contributed by atoms with E-state index in [1.807, 2.05) is 29.2 Å². The lowest BCUT2D eigenvalue weighted by atomic mass is 10.1. The molecule has 1 N–H and O–H groups in total. The molecule has 2 saturated heterocycles. The summed E-state index contributed by atoms with van der Waals surface area (Å²) in [6.45, 7) is 2.69. The van der Waals surface area contributed by atoms with Gasteiger partial charge in [0, 0.05) is 48.7 Å². The Morgan fingerprint density at radius 3 is 2.68 bits per heavy atom. The number of piperazine rings is 1. The van der Waals surface area contributed by atoms with E-state index < -0.39 is 9.84 Å². The first-order valence-electron chi connectivity index (χ1n) is 11.0. The number of carbonyl (C=O) groups is 1. The van der Waals surface area contributed by atoms with Gasteiger partial charge in [-0.1, -0.05) is 29.4 Å². The minimum Gasteiger partial charge on any atom is -0.497 e. The van der Waals surface area contributed by atoms with Crippen molar-refractivity contribution in [3.05, 3.63) is 53.1 Å². The molecule has 2 atom stereocenters.